The highest BCUT2D eigenvalue weighted by atomic mass is 35.5. The number of anilines is 1. The Morgan fingerprint density at radius 1 is 1.21 bits per heavy atom. The third kappa shape index (κ3) is 4.18. The van der Waals surface area contributed by atoms with E-state index in [9.17, 15) is 4.79 Å². The summed E-state index contributed by atoms with van der Waals surface area (Å²) in [6.07, 6.45) is -0.215. The minimum Gasteiger partial charge on any atom is -0.450 e. The van der Waals surface area contributed by atoms with Crippen LogP contribution < -0.4 is 4.90 Å². The van der Waals surface area contributed by atoms with Crippen LogP contribution in [0.4, 0.5) is 10.5 Å². The molecule has 4 nitrogen and oxygen atoms in total. The van der Waals surface area contributed by atoms with Gasteiger partial charge in [-0.15, -0.1) is 12.4 Å². The van der Waals surface area contributed by atoms with Crippen molar-refractivity contribution < 1.29 is 9.53 Å². The molecule has 2 rings (SSSR count). The molecule has 0 atom stereocenters. The topological polar surface area (TPSA) is 32.8 Å². The molecule has 0 bridgehead atoms. The highest BCUT2D eigenvalue weighted by Gasteiger charge is 2.21. The van der Waals surface area contributed by atoms with Gasteiger partial charge in [0.05, 0.1) is 6.61 Å². The van der Waals surface area contributed by atoms with Gasteiger partial charge in [-0.1, -0.05) is 11.6 Å². The molecule has 1 aromatic carbocycles. The fourth-order valence-corrected chi connectivity index (χ4v) is 2.14. The van der Waals surface area contributed by atoms with Crippen LogP contribution in [0, 0.1) is 0 Å². The SMILES string of the molecule is CCOC(=O)N1CCN(c2ccc(Cl)cc2)CC1.Cl. The summed E-state index contributed by atoms with van der Waals surface area (Å²) >= 11 is 5.86. The third-order valence-corrected chi connectivity index (χ3v) is 3.25. The average Bonchev–Trinajstić information content (AvgIpc) is 2.40. The summed E-state index contributed by atoms with van der Waals surface area (Å²) in [5.41, 5.74) is 1.14. The summed E-state index contributed by atoms with van der Waals surface area (Å²) in [5, 5.41) is 0.740. The zero-order valence-corrected chi connectivity index (χ0v) is 12.4. The molecule has 0 radical (unpaired) electrons. The van der Waals surface area contributed by atoms with E-state index in [1.165, 1.54) is 0 Å². The van der Waals surface area contributed by atoms with Gasteiger partial charge in [0.2, 0.25) is 0 Å². The molecule has 1 heterocycles. The van der Waals surface area contributed by atoms with E-state index in [0.717, 1.165) is 23.8 Å². The first-order valence-electron chi connectivity index (χ1n) is 6.13. The van der Waals surface area contributed by atoms with Crippen LogP contribution in [0.1, 0.15) is 6.92 Å². The fourth-order valence-electron chi connectivity index (χ4n) is 2.01. The second kappa shape index (κ2) is 7.46. The minimum absolute atomic E-state index is 0. The van der Waals surface area contributed by atoms with Crippen LogP contribution in [0.25, 0.3) is 0 Å². The van der Waals surface area contributed by atoms with Gasteiger partial charge in [0.25, 0.3) is 0 Å². The second-order valence-corrected chi connectivity index (χ2v) is 4.59. The van der Waals surface area contributed by atoms with E-state index in [4.69, 9.17) is 16.3 Å². The Hall–Kier alpha value is -1.13. The Bertz CT molecular complexity index is 404. The van der Waals surface area contributed by atoms with Crippen molar-refractivity contribution in [2.24, 2.45) is 0 Å². The lowest BCUT2D eigenvalue weighted by atomic mass is 10.2. The summed E-state index contributed by atoms with van der Waals surface area (Å²) in [4.78, 5) is 15.5. The molecule has 1 aliphatic rings. The lowest BCUT2D eigenvalue weighted by Crippen LogP contribution is -2.48. The summed E-state index contributed by atoms with van der Waals surface area (Å²) in [6.45, 7) is 5.28. The minimum atomic E-state index is -0.215. The van der Waals surface area contributed by atoms with Crippen molar-refractivity contribution in [2.75, 3.05) is 37.7 Å². The van der Waals surface area contributed by atoms with Crippen LogP contribution in [0.5, 0.6) is 0 Å². The normalized spacial score (nSPS) is 14.8. The van der Waals surface area contributed by atoms with E-state index in [-0.39, 0.29) is 18.5 Å². The quantitative estimate of drug-likeness (QED) is 0.842. The summed E-state index contributed by atoms with van der Waals surface area (Å²) in [7, 11) is 0. The number of hydrogen-bond donors (Lipinski definition) is 0. The van der Waals surface area contributed by atoms with Gasteiger partial charge in [0.1, 0.15) is 0 Å². The van der Waals surface area contributed by atoms with E-state index in [0.29, 0.717) is 19.7 Å². The first kappa shape index (κ1) is 15.9. The molecule has 1 aliphatic heterocycles. The third-order valence-electron chi connectivity index (χ3n) is 3.00. The molecule has 0 spiro atoms. The number of piperazine rings is 1. The zero-order valence-electron chi connectivity index (χ0n) is 10.8. The Kier molecular flexibility index (Phi) is 6.25. The number of halogens is 2. The smallest absolute Gasteiger partial charge is 0.409 e. The largest absolute Gasteiger partial charge is 0.450 e. The molecular formula is C13H18Cl2N2O2. The molecule has 1 aromatic rings. The number of rotatable bonds is 2. The molecule has 0 aliphatic carbocycles. The summed E-state index contributed by atoms with van der Waals surface area (Å²) < 4.78 is 4.99. The Morgan fingerprint density at radius 2 is 1.79 bits per heavy atom. The molecule has 6 heteroatoms. The standard InChI is InChI=1S/C13H17ClN2O2.ClH/c1-2-18-13(17)16-9-7-15(8-10-16)12-5-3-11(14)4-6-12;/h3-6H,2,7-10H2,1H3;1H. The summed E-state index contributed by atoms with van der Waals surface area (Å²) in [6, 6.07) is 7.77. The van der Waals surface area contributed by atoms with Crippen molar-refractivity contribution >= 4 is 35.8 Å². The van der Waals surface area contributed by atoms with Gasteiger partial charge in [-0.25, -0.2) is 4.79 Å². The molecule has 0 saturated carbocycles. The van der Waals surface area contributed by atoms with Gasteiger partial charge in [-0.2, -0.15) is 0 Å². The molecule has 1 amide bonds. The van der Waals surface area contributed by atoms with Gasteiger partial charge < -0.3 is 14.5 Å². The van der Waals surface area contributed by atoms with Crippen molar-refractivity contribution in [3.8, 4) is 0 Å². The lowest BCUT2D eigenvalue weighted by Gasteiger charge is -2.35. The zero-order chi connectivity index (χ0) is 13.0. The molecule has 1 saturated heterocycles. The number of amides is 1. The molecule has 0 N–H and O–H groups in total. The van der Waals surface area contributed by atoms with Crippen LogP contribution in [0.3, 0.4) is 0 Å². The number of benzene rings is 1. The monoisotopic (exact) mass is 304 g/mol. The highest BCUT2D eigenvalue weighted by Crippen LogP contribution is 2.19. The molecule has 1 fully saturated rings. The van der Waals surface area contributed by atoms with Crippen molar-refractivity contribution in [1.82, 2.24) is 4.90 Å². The second-order valence-electron chi connectivity index (χ2n) is 4.15. The van der Waals surface area contributed by atoms with Crippen molar-refractivity contribution in [3.63, 3.8) is 0 Å². The summed E-state index contributed by atoms with van der Waals surface area (Å²) in [5.74, 6) is 0. The van der Waals surface area contributed by atoms with Crippen LogP contribution in [-0.2, 0) is 4.74 Å². The average molecular weight is 305 g/mol. The Labute approximate surface area is 124 Å². The van der Waals surface area contributed by atoms with E-state index in [2.05, 4.69) is 4.90 Å². The maximum Gasteiger partial charge on any atom is 0.409 e. The Morgan fingerprint density at radius 3 is 2.32 bits per heavy atom. The predicted octanol–water partition coefficient (Wildman–Crippen LogP) is 3.04. The van der Waals surface area contributed by atoms with Gasteiger partial charge in [0, 0.05) is 36.9 Å². The van der Waals surface area contributed by atoms with E-state index in [1.807, 2.05) is 31.2 Å². The molecule has 0 aromatic heterocycles. The van der Waals surface area contributed by atoms with Gasteiger partial charge >= 0.3 is 6.09 Å². The fraction of sp³-hybridized carbons (Fsp3) is 0.462. The number of carbonyl (C=O) groups is 1. The van der Waals surface area contributed by atoms with Gasteiger partial charge in [-0.05, 0) is 31.2 Å². The van der Waals surface area contributed by atoms with E-state index < -0.39 is 0 Å². The first-order valence-corrected chi connectivity index (χ1v) is 6.50. The van der Waals surface area contributed by atoms with Gasteiger partial charge in [-0.3, -0.25) is 0 Å². The first-order chi connectivity index (χ1) is 8.70. The van der Waals surface area contributed by atoms with Crippen molar-refractivity contribution in [2.45, 2.75) is 6.92 Å². The van der Waals surface area contributed by atoms with Crippen LogP contribution >= 0.6 is 24.0 Å². The molecule has 0 unspecified atom stereocenters. The van der Waals surface area contributed by atoms with E-state index in [1.54, 1.807) is 4.90 Å². The van der Waals surface area contributed by atoms with Gasteiger partial charge in [0.15, 0.2) is 0 Å². The Balaban J connectivity index is 0.00000180. The lowest BCUT2D eigenvalue weighted by molar-refractivity contribution is 0.105. The van der Waals surface area contributed by atoms with Crippen molar-refractivity contribution in [3.05, 3.63) is 29.3 Å². The number of ether oxygens (including phenoxy) is 1. The highest BCUT2D eigenvalue weighted by molar-refractivity contribution is 6.30. The van der Waals surface area contributed by atoms with E-state index >= 15 is 0 Å². The number of carbonyl (C=O) groups excluding carboxylic acids is 1. The maximum atomic E-state index is 11.6. The van der Waals surface area contributed by atoms with Crippen LogP contribution in [0.2, 0.25) is 5.02 Å². The predicted molar refractivity (Wildman–Crippen MR) is 79.5 cm³/mol. The molecular weight excluding hydrogens is 287 g/mol. The van der Waals surface area contributed by atoms with Crippen molar-refractivity contribution in [1.29, 1.82) is 0 Å². The maximum absolute atomic E-state index is 11.6. The molecule has 19 heavy (non-hydrogen) atoms. The number of nitrogens with zero attached hydrogens (tertiary/aromatic N) is 2. The van der Waals surface area contributed by atoms with Crippen LogP contribution in [0.15, 0.2) is 24.3 Å². The van der Waals surface area contributed by atoms with Crippen LogP contribution in [-0.4, -0.2) is 43.8 Å². The number of hydrogen-bond acceptors (Lipinski definition) is 3. The molecule has 106 valence electrons.